The monoisotopic (exact) mass is 83.0 g/mol. The van der Waals surface area contributed by atoms with Gasteiger partial charge in [-0.15, -0.1) is 0 Å². The summed E-state index contributed by atoms with van der Waals surface area (Å²) in [6.07, 6.45) is 2.39. The summed E-state index contributed by atoms with van der Waals surface area (Å²) >= 11 is 0. The van der Waals surface area contributed by atoms with Crippen LogP contribution < -0.4 is 5.73 Å². The molecule has 1 aromatic heterocycles. The first-order valence-electron chi connectivity index (χ1n) is 1.48. The molecule has 2 N–H and O–H groups in total. The van der Waals surface area contributed by atoms with Crippen molar-refractivity contribution < 1.29 is 4.52 Å². The fourth-order valence-electron chi connectivity index (χ4n) is 0.195. The average Bonchev–Trinajstić information content (AvgIpc) is 1.86. The molecule has 3 heteroatoms. The van der Waals surface area contributed by atoms with Gasteiger partial charge in [0.2, 0.25) is 5.88 Å². The maximum atomic E-state index is 5.02. The van der Waals surface area contributed by atoms with Crippen LogP contribution in [-0.2, 0) is 0 Å². The van der Waals surface area contributed by atoms with Gasteiger partial charge < -0.3 is 10.3 Å². The minimum Gasteiger partial charge on any atom is -0.368 e. The number of nitrogens with two attached hydrogens (primary N) is 1. The summed E-state index contributed by atoms with van der Waals surface area (Å²) in [6.45, 7) is 0. The number of hydrogen-bond acceptors (Lipinski definition) is 3. The van der Waals surface area contributed by atoms with Gasteiger partial charge in [0.05, 0.1) is 0 Å². The van der Waals surface area contributed by atoms with Gasteiger partial charge in [0, 0.05) is 6.07 Å². The molecule has 3 nitrogen and oxygen atoms in total. The Morgan fingerprint density at radius 2 is 2.83 bits per heavy atom. The van der Waals surface area contributed by atoms with E-state index >= 15 is 0 Å². The molecular formula is C3H3N2O. The molecular weight excluding hydrogens is 80.0 g/mol. The standard InChI is InChI=1S/C3H3N2O/c4-3-1-2-5-6-3/h1H,4H2. The van der Waals surface area contributed by atoms with Crippen LogP contribution in [0.4, 0.5) is 5.88 Å². The number of nitrogen functional groups attached to an aromatic ring is 1. The zero-order valence-electron chi connectivity index (χ0n) is 3.01. The zero-order chi connectivity index (χ0) is 4.41. The van der Waals surface area contributed by atoms with E-state index in [0.717, 1.165) is 0 Å². The first-order chi connectivity index (χ1) is 2.89. The fourth-order valence-corrected chi connectivity index (χ4v) is 0.195. The van der Waals surface area contributed by atoms with E-state index in [-0.39, 0.29) is 0 Å². The lowest BCUT2D eigenvalue weighted by molar-refractivity contribution is 0.435. The van der Waals surface area contributed by atoms with Gasteiger partial charge in [0.25, 0.3) is 0 Å². The Hall–Kier alpha value is -0.990. The largest absolute Gasteiger partial charge is 0.368 e. The molecule has 0 atom stereocenters. The zero-order valence-corrected chi connectivity index (χ0v) is 3.01. The van der Waals surface area contributed by atoms with E-state index in [1.54, 1.807) is 0 Å². The van der Waals surface area contributed by atoms with Gasteiger partial charge in [0.15, 0.2) is 0 Å². The van der Waals surface area contributed by atoms with Crippen molar-refractivity contribution in [1.82, 2.24) is 5.16 Å². The summed E-state index contributed by atoms with van der Waals surface area (Å²) in [6, 6.07) is 1.46. The summed E-state index contributed by atoms with van der Waals surface area (Å²) in [5, 5.41) is 3.20. The van der Waals surface area contributed by atoms with Crippen LogP contribution in [0.2, 0.25) is 0 Å². The lowest BCUT2D eigenvalue weighted by Crippen LogP contribution is -1.75. The Labute approximate surface area is 34.7 Å². The highest BCUT2D eigenvalue weighted by atomic mass is 16.5. The second kappa shape index (κ2) is 1.01. The van der Waals surface area contributed by atoms with Crippen molar-refractivity contribution in [2.75, 3.05) is 5.73 Å². The molecule has 0 aliphatic carbocycles. The number of rotatable bonds is 0. The lowest BCUT2D eigenvalue weighted by atomic mass is 10.7. The molecule has 1 radical (unpaired) electrons. The van der Waals surface area contributed by atoms with Crippen molar-refractivity contribution in [2.24, 2.45) is 0 Å². The molecule has 0 aliphatic heterocycles. The smallest absolute Gasteiger partial charge is 0.222 e. The third-order valence-corrected chi connectivity index (χ3v) is 0.411. The van der Waals surface area contributed by atoms with Crippen LogP contribution in [0.1, 0.15) is 0 Å². The molecule has 0 fully saturated rings. The SMILES string of the molecule is Nc1c[c]no1. The summed E-state index contributed by atoms with van der Waals surface area (Å²) < 4.78 is 4.31. The highest BCUT2D eigenvalue weighted by molar-refractivity contribution is 5.17. The molecule has 0 saturated heterocycles. The topological polar surface area (TPSA) is 52.0 Å². The van der Waals surface area contributed by atoms with Crippen molar-refractivity contribution in [3.05, 3.63) is 12.3 Å². The maximum absolute atomic E-state index is 5.02. The summed E-state index contributed by atoms with van der Waals surface area (Å²) in [7, 11) is 0. The molecule has 0 aromatic carbocycles. The number of hydrogen-bond donors (Lipinski definition) is 1. The van der Waals surface area contributed by atoms with E-state index in [0.29, 0.717) is 5.88 Å². The second-order valence-electron chi connectivity index (χ2n) is 0.858. The van der Waals surface area contributed by atoms with Gasteiger partial charge in [-0.1, -0.05) is 5.16 Å². The molecule has 1 aromatic rings. The van der Waals surface area contributed by atoms with Crippen LogP contribution in [0.25, 0.3) is 0 Å². The fraction of sp³-hybridized carbons (Fsp3) is 0. The summed E-state index contributed by atoms with van der Waals surface area (Å²) in [5.41, 5.74) is 5.02. The Balaban J connectivity index is 3.05. The maximum Gasteiger partial charge on any atom is 0.222 e. The minimum atomic E-state index is 0.301. The molecule has 6 heavy (non-hydrogen) atoms. The quantitative estimate of drug-likeness (QED) is 0.482. The molecule has 1 rings (SSSR count). The van der Waals surface area contributed by atoms with Crippen LogP contribution in [0.3, 0.4) is 0 Å². The van der Waals surface area contributed by atoms with Gasteiger partial charge in [-0.3, -0.25) is 0 Å². The summed E-state index contributed by atoms with van der Waals surface area (Å²) in [4.78, 5) is 0. The van der Waals surface area contributed by atoms with E-state index in [2.05, 4.69) is 15.9 Å². The van der Waals surface area contributed by atoms with E-state index in [4.69, 9.17) is 5.73 Å². The number of anilines is 1. The Morgan fingerprint density at radius 1 is 2.00 bits per heavy atom. The van der Waals surface area contributed by atoms with Crippen LogP contribution in [-0.4, -0.2) is 5.16 Å². The molecule has 0 unspecified atom stereocenters. The van der Waals surface area contributed by atoms with Crippen LogP contribution in [0, 0.1) is 6.20 Å². The van der Waals surface area contributed by atoms with Gasteiger partial charge in [-0.05, 0) is 0 Å². The predicted octanol–water partition coefficient (Wildman–Crippen LogP) is 0.0570. The molecule has 1 heterocycles. The Bertz CT molecular complexity index is 112. The predicted molar refractivity (Wildman–Crippen MR) is 19.8 cm³/mol. The van der Waals surface area contributed by atoms with Crippen molar-refractivity contribution in [1.29, 1.82) is 0 Å². The molecule has 0 amide bonds. The minimum absolute atomic E-state index is 0.301. The van der Waals surface area contributed by atoms with Crippen LogP contribution in [0.15, 0.2) is 10.6 Å². The molecule has 0 bridgehead atoms. The molecule has 0 aliphatic rings. The molecule has 0 spiro atoms. The van der Waals surface area contributed by atoms with E-state index < -0.39 is 0 Å². The van der Waals surface area contributed by atoms with Crippen molar-refractivity contribution in [3.8, 4) is 0 Å². The van der Waals surface area contributed by atoms with Crippen molar-refractivity contribution >= 4 is 5.88 Å². The third kappa shape index (κ3) is 0.337. The van der Waals surface area contributed by atoms with E-state index in [1.807, 2.05) is 0 Å². The van der Waals surface area contributed by atoms with E-state index in [9.17, 15) is 0 Å². The Kier molecular flexibility index (Phi) is 0.538. The van der Waals surface area contributed by atoms with Crippen molar-refractivity contribution in [2.45, 2.75) is 0 Å². The van der Waals surface area contributed by atoms with Crippen LogP contribution >= 0.6 is 0 Å². The highest BCUT2D eigenvalue weighted by Crippen LogP contribution is 1.91. The van der Waals surface area contributed by atoms with Gasteiger partial charge >= 0.3 is 0 Å². The van der Waals surface area contributed by atoms with Crippen molar-refractivity contribution in [3.63, 3.8) is 0 Å². The number of nitrogens with zero attached hydrogens (tertiary/aromatic N) is 1. The van der Waals surface area contributed by atoms with Gasteiger partial charge in [-0.2, -0.15) is 0 Å². The lowest BCUT2D eigenvalue weighted by Gasteiger charge is -1.67. The third-order valence-electron chi connectivity index (χ3n) is 0.411. The Morgan fingerprint density at radius 3 is 3.00 bits per heavy atom. The molecule has 0 saturated carbocycles. The summed E-state index contributed by atoms with van der Waals surface area (Å²) in [5.74, 6) is 0.301. The molecule has 31 valence electrons. The number of aromatic nitrogens is 1. The average molecular weight is 83.1 g/mol. The normalized spacial score (nSPS) is 8.67. The van der Waals surface area contributed by atoms with Gasteiger partial charge in [-0.25, -0.2) is 0 Å². The second-order valence-corrected chi connectivity index (χ2v) is 0.858. The van der Waals surface area contributed by atoms with Crippen LogP contribution in [0.5, 0.6) is 0 Å². The van der Waals surface area contributed by atoms with Gasteiger partial charge in [0.1, 0.15) is 6.20 Å². The highest BCUT2D eigenvalue weighted by Gasteiger charge is 1.79. The van der Waals surface area contributed by atoms with E-state index in [1.165, 1.54) is 6.07 Å². The first kappa shape index (κ1) is 3.21. The first-order valence-corrected chi connectivity index (χ1v) is 1.48.